The quantitative estimate of drug-likeness (QED) is 0.731. The van der Waals surface area contributed by atoms with E-state index in [2.05, 4.69) is 10.6 Å². The number of esters is 1. The number of carbonyl (C=O) groups is 3. The Labute approximate surface area is 156 Å². The molecule has 0 aliphatic carbocycles. The monoisotopic (exact) mass is 372 g/mol. The van der Waals surface area contributed by atoms with Crippen LogP contribution < -0.4 is 10.6 Å². The first-order valence-electron chi connectivity index (χ1n) is 8.42. The summed E-state index contributed by atoms with van der Waals surface area (Å²) in [5, 5.41) is 4.91. The molecule has 2 amide bonds. The Kier molecular flexibility index (Phi) is 7.05. The van der Waals surface area contributed by atoms with Gasteiger partial charge in [-0.3, -0.25) is 14.4 Å². The van der Waals surface area contributed by atoms with Gasteiger partial charge in [-0.2, -0.15) is 0 Å². The predicted octanol–water partition coefficient (Wildman–Crippen LogP) is 2.36. The molecule has 0 fully saturated rings. The van der Waals surface area contributed by atoms with Crippen LogP contribution >= 0.6 is 0 Å². The topological polar surface area (TPSA) is 84.5 Å². The number of benzene rings is 2. The van der Waals surface area contributed by atoms with Gasteiger partial charge in [-0.15, -0.1) is 0 Å². The molecule has 2 aromatic carbocycles. The lowest BCUT2D eigenvalue weighted by molar-refractivity contribution is -0.152. The molecule has 142 valence electrons. The van der Waals surface area contributed by atoms with Gasteiger partial charge in [0.05, 0.1) is 6.42 Å². The highest BCUT2D eigenvalue weighted by Crippen LogP contribution is 2.14. The molecule has 27 heavy (non-hydrogen) atoms. The normalized spacial score (nSPS) is 11.4. The summed E-state index contributed by atoms with van der Waals surface area (Å²) in [6.45, 7) is 2.66. The molecule has 7 heteroatoms. The molecule has 0 aliphatic rings. The van der Waals surface area contributed by atoms with E-state index in [1.165, 1.54) is 19.1 Å². The largest absolute Gasteiger partial charge is 0.451 e. The number of ether oxygens (including phenoxy) is 1. The highest BCUT2D eigenvalue weighted by molar-refractivity contribution is 5.95. The van der Waals surface area contributed by atoms with Gasteiger partial charge in [-0.05, 0) is 37.1 Å². The van der Waals surface area contributed by atoms with Gasteiger partial charge in [-0.1, -0.05) is 36.4 Å². The van der Waals surface area contributed by atoms with Crippen LogP contribution in [0.15, 0.2) is 48.5 Å². The van der Waals surface area contributed by atoms with Crippen molar-refractivity contribution in [2.24, 2.45) is 0 Å². The van der Waals surface area contributed by atoms with Crippen molar-refractivity contribution in [1.82, 2.24) is 5.32 Å². The van der Waals surface area contributed by atoms with Crippen molar-refractivity contribution in [1.29, 1.82) is 0 Å². The van der Waals surface area contributed by atoms with E-state index in [-0.39, 0.29) is 24.6 Å². The Bertz CT molecular complexity index is 824. The third kappa shape index (κ3) is 6.54. The molecule has 1 atom stereocenters. The minimum Gasteiger partial charge on any atom is -0.451 e. The van der Waals surface area contributed by atoms with Crippen molar-refractivity contribution < 1.29 is 23.5 Å². The number of rotatable bonds is 7. The van der Waals surface area contributed by atoms with Gasteiger partial charge >= 0.3 is 5.97 Å². The van der Waals surface area contributed by atoms with Crippen LogP contribution in [-0.4, -0.2) is 30.4 Å². The minimum absolute atomic E-state index is 0.142. The molecule has 0 aromatic heterocycles. The molecular weight excluding hydrogens is 351 g/mol. The first-order chi connectivity index (χ1) is 12.8. The maximum absolute atomic E-state index is 13.5. The Morgan fingerprint density at radius 2 is 1.81 bits per heavy atom. The Hall–Kier alpha value is -3.22. The van der Waals surface area contributed by atoms with Gasteiger partial charge in [0.15, 0.2) is 6.10 Å². The lowest BCUT2D eigenvalue weighted by atomic mass is 10.1. The van der Waals surface area contributed by atoms with Gasteiger partial charge in [0, 0.05) is 5.69 Å². The summed E-state index contributed by atoms with van der Waals surface area (Å²) in [4.78, 5) is 35.6. The first-order valence-corrected chi connectivity index (χ1v) is 8.42. The second-order valence-electron chi connectivity index (χ2n) is 6.02. The van der Waals surface area contributed by atoms with Crippen LogP contribution in [0.25, 0.3) is 0 Å². The van der Waals surface area contributed by atoms with Crippen LogP contribution in [0, 0.1) is 12.7 Å². The van der Waals surface area contributed by atoms with Crippen molar-refractivity contribution in [3.63, 3.8) is 0 Å². The van der Waals surface area contributed by atoms with E-state index >= 15 is 0 Å². The molecule has 6 nitrogen and oxygen atoms in total. The van der Waals surface area contributed by atoms with E-state index in [1.807, 2.05) is 18.2 Å². The van der Waals surface area contributed by atoms with E-state index in [1.54, 1.807) is 25.1 Å². The van der Waals surface area contributed by atoms with Crippen LogP contribution in [0.1, 0.15) is 18.1 Å². The molecule has 0 saturated heterocycles. The molecule has 2 aromatic rings. The van der Waals surface area contributed by atoms with Crippen LogP contribution in [-0.2, 0) is 25.5 Å². The standard InChI is InChI=1S/C20H21FN2O4/c1-13-8-9-16(11-17(13)21)23-20(26)14(2)27-19(25)12-22-18(24)10-15-6-4-3-5-7-15/h3-9,11,14H,10,12H2,1-2H3,(H,22,24)(H,23,26)/t14-/m0/s1. The zero-order valence-corrected chi connectivity index (χ0v) is 15.1. The maximum atomic E-state index is 13.5. The van der Waals surface area contributed by atoms with E-state index in [0.717, 1.165) is 5.56 Å². The fourth-order valence-corrected chi connectivity index (χ4v) is 2.22. The van der Waals surface area contributed by atoms with E-state index in [4.69, 9.17) is 4.74 Å². The summed E-state index contributed by atoms with van der Waals surface area (Å²) in [6, 6.07) is 13.4. The number of hydrogen-bond donors (Lipinski definition) is 2. The molecule has 0 radical (unpaired) electrons. The van der Waals surface area contributed by atoms with Gasteiger partial charge < -0.3 is 15.4 Å². The van der Waals surface area contributed by atoms with Gasteiger partial charge in [0.1, 0.15) is 12.4 Å². The predicted molar refractivity (Wildman–Crippen MR) is 98.5 cm³/mol. The van der Waals surface area contributed by atoms with Crippen molar-refractivity contribution in [3.8, 4) is 0 Å². The lowest BCUT2D eigenvalue weighted by Gasteiger charge is -2.14. The van der Waals surface area contributed by atoms with Crippen LogP contribution in [0.3, 0.4) is 0 Å². The molecule has 0 bridgehead atoms. The fraction of sp³-hybridized carbons (Fsp3) is 0.250. The van der Waals surface area contributed by atoms with Gasteiger partial charge in [0.2, 0.25) is 5.91 Å². The number of nitrogens with one attached hydrogen (secondary N) is 2. The summed E-state index contributed by atoms with van der Waals surface area (Å²) >= 11 is 0. The van der Waals surface area contributed by atoms with E-state index < -0.39 is 23.8 Å². The molecule has 0 unspecified atom stereocenters. The average molecular weight is 372 g/mol. The SMILES string of the molecule is Cc1ccc(NC(=O)[C@H](C)OC(=O)CNC(=O)Cc2ccccc2)cc1F. The molecule has 0 aliphatic heterocycles. The van der Waals surface area contributed by atoms with Crippen molar-refractivity contribution >= 4 is 23.5 Å². The zero-order valence-electron chi connectivity index (χ0n) is 15.1. The molecule has 0 heterocycles. The minimum atomic E-state index is -1.09. The molecule has 0 spiro atoms. The summed E-state index contributed by atoms with van der Waals surface area (Å²) in [5.41, 5.74) is 1.54. The average Bonchev–Trinajstić information content (AvgIpc) is 2.64. The Morgan fingerprint density at radius 3 is 2.48 bits per heavy atom. The summed E-state index contributed by atoms with van der Waals surface area (Å²) < 4.78 is 18.5. The number of hydrogen-bond acceptors (Lipinski definition) is 4. The molecule has 2 N–H and O–H groups in total. The fourth-order valence-electron chi connectivity index (χ4n) is 2.22. The van der Waals surface area contributed by atoms with Crippen LogP contribution in [0.4, 0.5) is 10.1 Å². The van der Waals surface area contributed by atoms with Crippen molar-refractivity contribution in [3.05, 3.63) is 65.5 Å². The summed E-state index contributed by atoms with van der Waals surface area (Å²) in [5.74, 6) is -2.11. The Morgan fingerprint density at radius 1 is 1.11 bits per heavy atom. The number of amides is 2. The van der Waals surface area contributed by atoms with E-state index in [0.29, 0.717) is 5.56 Å². The highest BCUT2D eigenvalue weighted by Gasteiger charge is 2.18. The smallest absolute Gasteiger partial charge is 0.326 e. The van der Waals surface area contributed by atoms with E-state index in [9.17, 15) is 18.8 Å². The van der Waals surface area contributed by atoms with Gasteiger partial charge in [-0.25, -0.2) is 4.39 Å². The van der Waals surface area contributed by atoms with Crippen molar-refractivity contribution in [2.45, 2.75) is 26.4 Å². The third-order valence-electron chi connectivity index (χ3n) is 3.75. The Balaban J connectivity index is 1.76. The lowest BCUT2D eigenvalue weighted by Crippen LogP contribution is -2.36. The van der Waals surface area contributed by atoms with Crippen LogP contribution in [0.5, 0.6) is 0 Å². The number of anilines is 1. The highest BCUT2D eigenvalue weighted by atomic mass is 19.1. The second kappa shape index (κ2) is 9.47. The van der Waals surface area contributed by atoms with Crippen LogP contribution in [0.2, 0.25) is 0 Å². The summed E-state index contributed by atoms with van der Waals surface area (Å²) in [6.07, 6.45) is -0.948. The molecule has 2 rings (SSSR count). The molecule has 0 saturated carbocycles. The zero-order chi connectivity index (χ0) is 19.8. The second-order valence-corrected chi connectivity index (χ2v) is 6.02. The molecular formula is C20H21FN2O4. The first kappa shape index (κ1) is 20.1. The third-order valence-corrected chi connectivity index (χ3v) is 3.75. The maximum Gasteiger partial charge on any atom is 0.326 e. The van der Waals surface area contributed by atoms with Crippen molar-refractivity contribution in [2.75, 3.05) is 11.9 Å². The number of aryl methyl sites for hydroxylation is 1. The number of halogens is 1. The summed E-state index contributed by atoms with van der Waals surface area (Å²) in [7, 11) is 0. The van der Waals surface area contributed by atoms with Gasteiger partial charge in [0.25, 0.3) is 5.91 Å². The number of carbonyl (C=O) groups excluding carboxylic acids is 3.